The zero-order valence-electron chi connectivity index (χ0n) is 12.1. The van der Waals surface area contributed by atoms with Crippen molar-refractivity contribution in [3.05, 3.63) is 29.6 Å². The lowest BCUT2D eigenvalue weighted by Crippen LogP contribution is -2.53. The van der Waals surface area contributed by atoms with Gasteiger partial charge in [0.15, 0.2) is 0 Å². The van der Waals surface area contributed by atoms with Gasteiger partial charge in [-0.15, -0.1) is 0 Å². The van der Waals surface area contributed by atoms with Crippen LogP contribution in [0.3, 0.4) is 0 Å². The molecule has 1 atom stereocenters. The minimum atomic E-state index is -0.806. The summed E-state index contributed by atoms with van der Waals surface area (Å²) in [5.74, 6) is -1.72. The van der Waals surface area contributed by atoms with Gasteiger partial charge in [0, 0.05) is 18.8 Å². The molecule has 1 heterocycles. The van der Waals surface area contributed by atoms with Crippen LogP contribution in [0.1, 0.15) is 12.5 Å². The maximum absolute atomic E-state index is 13.1. The molecule has 1 amide bonds. The van der Waals surface area contributed by atoms with E-state index in [-0.39, 0.29) is 18.4 Å². The zero-order valence-corrected chi connectivity index (χ0v) is 12.1. The first-order chi connectivity index (χ1) is 9.86. The van der Waals surface area contributed by atoms with Gasteiger partial charge in [0.1, 0.15) is 5.82 Å². The fourth-order valence-electron chi connectivity index (χ4n) is 2.38. The topological polar surface area (TPSA) is 69.6 Å². The Labute approximate surface area is 122 Å². The summed E-state index contributed by atoms with van der Waals surface area (Å²) in [6.45, 7) is 4.87. The highest BCUT2D eigenvalue weighted by molar-refractivity contribution is 5.93. The number of carboxylic acids is 1. The van der Waals surface area contributed by atoms with Gasteiger partial charge >= 0.3 is 5.97 Å². The number of rotatable bonds is 5. The quantitative estimate of drug-likeness (QED) is 0.867. The van der Waals surface area contributed by atoms with Crippen LogP contribution >= 0.6 is 0 Å². The first kappa shape index (κ1) is 15.4. The molecule has 0 aromatic heterocycles. The van der Waals surface area contributed by atoms with Crippen molar-refractivity contribution in [2.75, 3.05) is 25.0 Å². The summed E-state index contributed by atoms with van der Waals surface area (Å²) in [5.41, 5.74) is 1.27. The van der Waals surface area contributed by atoms with Crippen LogP contribution in [-0.2, 0) is 9.59 Å². The summed E-state index contributed by atoms with van der Waals surface area (Å²) in [7, 11) is 0. The van der Waals surface area contributed by atoms with Crippen LogP contribution in [0, 0.1) is 24.6 Å². The normalized spacial score (nSPS) is 17.1. The Hall–Kier alpha value is -1.95. The first-order valence-electron chi connectivity index (χ1n) is 6.88. The summed E-state index contributed by atoms with van der Waals surface area (Å²) >= 11 is 0. The molecule has 21 heavy (non-hydrogen) atoms. The molecule has 6 heteroatoms. The van der Waals surface area contributed by atoms with Crippen molar-refractivity contribution in [1.82, 2.24) is 4.90 Å². The van der Waals surface area contributed by atoms with Crippen molar-refractivity contribution < 1.29 is 19.1 Å². The number of aryl methyl sites for hydroxylation is 1. The molecule has 0 radical (unpaired) electrons. The van der Waals surface area contributed by atoms with E-state index in [0.717, 1.165) is 5.56 Å². The number of carbonyl (C=O) groups excluding carboxylic acids is 1. The molecule has 1 fully saturated rings. The molecule has 2 N–H and O–H groups in total. The number of benzene rings is 1. The van der Waals surface area contributed by atoms with E-state index in [1.54, 1.807) is 19.9 Å². The minimum absolute atomic E-state index is 0.0891. The maximum Gasteiger partial charge on any atom is 0.306 e. The highest BCUT2D eigenvalue weighted by atomic mass is 19.1. The number of carboxylic acid groups (broad SMARTS) is 1. The van der Waals surface area contributed by atoms with E-state index in [1.807, 2.05) is 4.90 Å². The predicted molar refractivity (Wildman–Crippen MR) is 76.5 cm³/mol. The van der Waals surface area contributed by atoms with Crippen LogP contribution in [0.25, 0.3) is 0 Å². The van der Waals surface area contributed by atoms with E-state index in [1.165, 1.54) is 12.1 Å². The van der Waals surface area contributed by atoms with E-state index < -0.39 is 17.7 Å². The third-order valence-electron chi connectivity index (χ3n) is 3.92. The molecule has 0 spiro atoms. The molecule has 1 aromatic carbocycles. The van der Waals surface area contributed by atoms with Crippen molar-refractivity contribution in [2.24, 2.45) is 11.8 Å². The Morgan fingerprint density at radius 1 is 1.48 bits per heavy atom. The maximum atomic E-state index is 13.1. The van der Waals surface area contributed by atoms with Crippen LogP contribution in [0.5, 0.6) is 0 Å². The minimum Gasteiger partial charge on any atom is -0.481 e. The van der Waals surface area contributed by atoms with Crippen molar-refractivity contribution in [3.8, 4) is 0 Å². The largest absolute Gasteiger partial charge is 0.481 e. The molecule has 0 aliphatic carbocycles. The number of anilines is 1. The number of carbonyl (C=O) groups is 2. The Balaban J connectivity index is 1.82. The van der Waals surface area contributed by atoms with Gasteiger partial charge in [0.05, 0.1) is 12.5 Å². The van der Waals surface area contributed by atoms with Gasteiger partial charge in [-0.3, -0.25) is 14.5 Å². The molecule has 1 aliphatic heterocycles. The van der Waals surface area contributed by atoms with Crippen LogP contribution in [0.4, 0.5) is 10.1 Å². The molecule has 1 unspecified atom stereocenters. The van der Waals surface area contributed by atoms with E-state index >= 15 is 0 Å². The highest BCUT2D eigenvalue weighted by Crippen LogP contribution is 2.24. The number of nitrogens with one attached hydrogen (secondary N) is 1. The van der Waals surface area contributed by atoms with E-state index in [4.69, 9.17) is 5.11 Å². The van der Waals surface area contributed by atoms with Gasteiger partial charge in [-0.2, -0.15) is 0 Å². The van der Waals surface area contributed by atoms with Crippen LogP contribution in [0.15, 0.2) is 18.2 Å². The third kappa shape index (κ3) is 3.78. The molecule has 1 saturated heterocycles. The van der Waals surface area contributed by atoms with E-state index in [0.29, 0.717) is 18.8 Å². The monoisotopic (exact) mass is 294 g/mol. The number of nitrogens with zero attached hydrogens (tertiary/aromatic N) is 1. The molecule has 1 aromatic rings. The fraction of sp³-hybridized carbons (Fsp3) is 0.467. The second-order valence-electron chi connectivity index (χ2n) is 5.59. The van der Waals surface area contributed by atoms with Gasteiger partial charge in [-0.25, -0.2) is 4.39 Å². The van der Waals surface area contributed by atoms with Crippen LogP contribution in [-0.4, -0.2) is 41.5 Å². The van der Waals surface area contributed by atoms with Crippen molar-refractivity contribution in [3.63, 3.8) is 0 Å². The summed E-state index contributed by atoms with van der Waals surface area (Å²) < 4.78 is 13.1. The molecule has 0 saturated carbocycles. The summed E-state index contributed by atoms with van der Waals surface area (Å²) in [4.78, 5) is 24.6. The number of halogens is 1. The number of amides is 1. The number of hydrogen-bond acceptors (Lipinski definition) is 3. The summed E-state index contributed by atoms with van der Waals surface area (Å²) in [5, 5.41) is 11.6. The third-order valence-corrected chi connectivity index (χ3v) is 3.92. The SMILES string of the molecule is Cc1ccc(F)cc1NC(=O)CN1CC(C(C)C(=O)O)C1. The van der Waals surface area contributed by atoms with Crippen molar-refractivity contribution in [2.45, 2.75) is 13.8 Å². The second-order valence-corrected chi connectivity index (χ2v) is 5.59. The number of aliphatic carboxylic acids is 1. The smallest absolute Gasteiger partial charge is 0.306 e. The lowest BCUT2D eigenvalue weighted by atomic mass is 9.87. The fourth-order valence-corrected chi connectivity index (χ4v) is 2.38. The lowest BCUT2D eigenvalue weighted by Gasteiger charge is -2.40. The van der Waals surface area contributed by atoms with Gasteiger partial charge in [0.25, 0.3) is 0 Å². The molecule has 1 aliphatic rings. The standard InChI is InChI=1S/C15H19FN2O3/c1-9-3-4-12(16)5-13(9)17-14(19)8-18-6-11(7-18)10(2)15(20)21/h3-5,10-11H,6-8H2,1-2H3,(H,17,19)(H,20,21). The van der Waals surface area contributed by atoms with Gasteiger partial charge in [-0.1, -0.05) is 13.0 Å². The lowest BCUT2D eigenvalue weighted by molar-refractivity contribution is -0.145. The molecule has 114 valence electrons. The summed E-state index contributed by atoms with van der Waals surface area (Å²) in [6, 6.07) is 4.25. The highest BCUT2D eigenvalue weighted by Gasteiger charge is 2.35. The second kappa shape index (κ2) is 6.22. The average Bonchev–Trinajstić information content (AvgIpc) is 2.37. The van der Waals surface area contributed by atoms with E-state index in [9.17, 15) is 14.0 Å². The van der Waals surface area contributed by atoms with Gasteiger partial charge < -0.3 is 10.4 Å². The molecule has 0 bridgehead atoms. The molecular weight excluding hydrogens is 275 g/mol. The Morgan fingerprint density at radius 2 is 2.14 bits per heavy atom. The summed E-state index contributed by atoms with van der Waals surface area (Å²) in [6.07, 6.45) is 0. The average molecular weight is 294 g/mol. The Kier molecular flexibility index (Phi) is 4.57. The molecule has 5 nitrogen and oxygen atoms in total. The predicted octanol–water partition coefficient (Wildman–Crippen LogP) is 1.73. The number of likely N-dealkylation sites (tertiary alicyclic amines) is 1. The molecule has 2 rings (SSSR count). The van der Waals surface area contributed by atoms with Gasteiger partial charge in [-0.05, 0) is 30.5 Å². The van der Waals surface area contributed by atoms with Crippen LogP contribution in [0.2, 0.25) is 0 Å². The van der Waals surface area contributed by atoms with E-state index in [2.05, 4.69) is 5.32 Å². The number of hydrogen-bond donors (Lipinski definition) is 2. The zero-order chi connectivity index (χ0) is 15.6. The van der Waals surface area contributed by atoms with Gasteiger partial charge in [0.2, 0.25) is 5.91 Å². The van der Waals surface area contributed by atoms with Crippen molar-refractivity contribution >= 4 is 17.6 Å². The van der Waals surface area contributed by atoms with Crippen LogP contribution < -0.4 is 5.32 Å². The Bertz CT molecular complexity index is 556. The Morgan fingerprint density at radius 3 is 2.76 bits per heavy atom. The first-order valence-corrected chi connectivity index (χ1v) is 6.88. The van der Waals surface area contributed by atoms with Crippen molar-refractivity contribution in [1.29, 1.82) is 0 Å². The molecular formula is C15H19FN2O3.